The maximum absolute atomic E-state index is 10.7. The van der Waals surface area contributed by atoms with Crippen LogP contribution in [0.5, 0.6) is 0 Å². The highest BCUT2D eigenvalue weighted by atomic mass is 16.4. The molecule has 0 bridgehead atoms. The number of aromatic carboxylic acids is 1. The first-order valence-electron chi connectivity index (χ1n) is 3.55. The highest BCUT2D eigenvalue weighted by Gasteiger charge is 2.13. The fourth-order valence-electron chi connectivity index (χ4n) is 1.06. The second-order valence-corrected chi connectivity index (χ2v) is 2.45. The molecule has 0 aliphatic carbocycles. The van der Waals surface area contributed by atoms with Crippen molar-refractivity contribution < 1.29 is 9.90 Å². The number of aromatic nitrogens is 4. The first-order chi connectivity index (χ1) is 6.29. The molecular weight excluding hydrogens is 172 g/mol. The molecule has 0 amide bonds. The van der Waals surface area contributed by atoms with Gasteiger partial charge in [0, 0.05) is 11.8 Å². The Bertz CT molecular complexity index is 417. The summed E-state index contributed by atoms with van der Waals surface area (Å²) in [5.41, 5.74) is 1.28. The SMILES string of the molecule is O=C(O)c1cn[nH]c1-c1cn[nH]c1. The van der Waals surface area contributed by atoms with E-state index in [4.69, 9.17) is 5.11 Å². The fourth-order valence-corrected chi connectivity index (χ4v) is 1.06. The molecule has 3 N–H and O–H groups in total. The molecule has 0 saturated carbocycles. The third-order valence-electron chi connectivity index (χ3n) is 1.66. The zero-order valence-corrected chi connectivity index (χ0v) is 6.48. The summed E-state index contributed by atoms with van der Waals surface area (Å²) in [6.45, 7) is 0. The number of H-pyrrole nitrogens is 2. The number of carboxylic acids is 1. The van der Waals surface area contributed by atoms with Gasteiger partial charge in [-0.2, -0.15) is 10.2 Å². The molecule has 2 aromatic heterocycles. The molecule has 66 valence electrons. The van der Waals surface area contributed by atoms with Crippen LogP contribution in [0.4, 0.5) is 0 Å². The molecule has 2 aromatic rings. The number of rotatable bonds is 2. The number of hydrogen-bond acceptors (Lipinski definition) is 3. The molecule has 0 fully saturated rings. The van der Waals surface area contributed by atoms with Gasteiger partial charge in [-0.1, -0.05) is 0 Å². The maximum Gasteiger partial charge on any atom is 0.339 e. The predicted molar refractivity (Wildman–Crippen MR) is 43.1 cm³/mol. The van der Waals surface area contributed by atoms with Gasteiger partial charge in [0.25, 0.3) is 0 Å². The lowest BCUT2D eigenvalue weighted by atomic mass is 10.2. The van der Waals surface area contributed by atoms with Crippen molar-refractivity contribution in [2.75, 3.05) is 0 Å². The summed E-state index contributed by atoms with van der Waals surface area (Å²) in [4.78, 5) is 10.7. The van der Waals surface area contributed by atoms with Crippen molar-refractivity contribution in [3.05, 3.63) is 24.2 Å². The Morgan fingerprint density at radius 2 is 2.23 bits per heavy atom. The van der Waals surface area contributed by atoms with Crippen molar-refractivity contribution in [3.63, 3.8) is 0 Å². The van der Waals surface area contributed by atoms with Gasteiger partial charge in [-0.15, -0.1) is 0 Å². The monoisotopic (exact) mass is 178 g/mol. The molecule has 0 saturated heterocycles. The van der Waals surface area contributed by atoms with Gasteiger partial charge in [0.15, 0.2) is 0 Å². The third-order valence-corrected chi connectivity index (χ3v) is 1.66. The van der Waals surface area contributed by atoms with Gasteiger partial charge in [0.1, 0.15) is 5.56 Å². The van der Waals surface area contributed by atoms with Gasteiger partial charge in [0.2, 0.25) is 0 Å². The zero-order valence-electron chi connectivity index (χ0n) is 6.48. The van der Waals surface area contributed by atoms with E-state index in [2.05, 4.69) is 20.4 Å². The highest BCUT2D eigenvalue weighted by Crippen LogP contribution is 2.18. The Morgan fingerprint density at radius 1 is 1.38 bits per heavy atom. The van der Waals surface area contributed by atoms with E-state index >= 15 is 0 Å². The zero-order chi connectivity index (χ0) is 9.26. The predicted octanol–water partition coefficient (Wildman–Crippen LogP) is 0.498. The Balaban J connectivity index is 2.52. The summed E-state index contributed by atoms with van der Waals surface area (Å²) >= 11 is 0. The minimum Gasteiger partial charge on any atom is -0.478 e. The molecular formula is C7H6N4O2. The number of hydrogen-bond donors (Lipinski definition) is 3. The molecule has 0 atom stereocenters. The first-order valence-corrected chi connectivity index (χ1v) is 3.55. The van der Waals surface area contributed by atoms with E-state index in [0.29, 0.717) is 11.3 Å². The molecule has 2 heterocycles. The van der Waals surface area contributed by atoms with Gasteiger partial charge in [0.05, 0.1) is 18.1 Å². The smallest absolute Gasteiger partial charge is 0.339 e. The van der Waals surface area contributed by atoms with E-state index < -0.39 is 5.97 Å². The number of aromatic amines is 2. The second kappa shape index (κ2) is 2.74. The fraction of sp³-hybridized carbons (Fsp3) is 0. The third kappa shape index (κ3) is 1.18. The van der Waals surface area contributed by atoms with Crippen LogP contribution in [0.25, 0.3) is 11.3 Å². The van der Waals surface area contributed by atoms with Crippen LogP contribution < -0.4 is 0 Å². The quantitative estimate of drug-likeness (QED) is 0.623. The number of nitrogens with zero attached hydrogens (tertiary/aromatic N) is 2. The van der Waals surface area contributed by atoms with Crippen LogP contribution in [0.2, 0.25) is 0 Å². The molecule has 6 heteroatoms. The van der Waals surface area contributed by atoms with Crippen LogP contribution in [0, 0.1) is 0 Å². The minimum atomic E-state index is -1.01. The largest absolute Gasteiger partial charge is 0.478 e. The van der Waals surface area contributed by atoms with Crippen LogP contribution in [0.1, 0.15) is 10.4 Å². The van der Waals surface area contributed by atoms with Crippen molar-refractivity contribution in [3.8, 4) is 11.3 Å². The van der Waals surface area contributed by atoms with Gasteiger partial charge in [-0.05, 0) is 0 Å². The lowest BCUT2D eigenvalue weighted by molar-refractivity contribution is 0.0698. The molecule has 0 spiro atoms. The topological polar surface area (TPSA) is 94.7 Å². The molecule has 13 heavy (non-hydrogen) atoms. The normalized spacial score (nSPS) is 10.2. The van der Waals surface area contributed by atoms with Gasteiger partial charge in [-0.25, -0.2) is 4.79 Å². The lowest BCUT2D eigenvalue weighted by Crippen LogP contribution is -1.95. The van der Waals surface area contributed by atoms with Gasteiger partial charge < -0.3 is 5.11 Å². The van der Waals surface area contributed by atoms with Crippen LogP contribution in [0.15, 0.2) is 18.6 Å². The van der Waals surface area contributed by atoms with E-state index in [-0.39, 0.29) is 5.56 Å². The molecule has 0 unspecified atom stereocenters. The second-order valence-electron chi connectivity index (χ2n) is 2.45. The minimum absolute atomic E-state index is 0.140. The van der Waals surface area contributed by atoms with E-state index in [1.807, 2.05) is 0 Å². The van der Waals surface area contributed by atoms with Crippen molar-refractivity contribution >= 4 is 5.97 Å². The molecule has 0 radical (unpaired) electrons. The number of carbonyl (C=O) groups is 1. The average molecular weight is 178 g/mol. The molecule has 0 aliphatic rings. The van der Waals surface area contributed by atoms with E-state index in [9.17, 15) is 4.79 Å². The van der Waals surface area contributed by atoms with Crippen molar-refractivity contribution in [2.24, 2.45) is 0 Å². The standard InChI is InChI=1S/C7H6N4O2/c12-7(13)5-3-10-11-6(5)4-1-8-9-2-4/h1-3H,(H,8,9)(H,10,11)(H,12,13). The summed E-state index contributed by atoms with van der Waals surface area (Å²) in [6, 6.07) is 0. The Kier molecular flexibility index (Phi) is 1.59. The number of nitrogens with one attached hydrogen (secondary N) is 2. The van der Waals surface area contributed by atoms with E-state index in [1.165, 1.54) is 12.4 Å². The van der Waals surface area contributed by atoms with Crippen molar-refractivity contribution in [2.45, 2.75) is 0 Å². The van der Waals surface area contributed by atoms with Crippen LogP contribution in [-0.4, -0.2) is 31.5 Å². The molecule has 0 aliphatic heterocycles. The van der Waals surface area contributed by atoms with E-state index in [1.54, 1.807) is 6.20 Å². The van der Waals surface area contributed by atoms with E-state index in [0.717, 1.165) is 0 Å². The summed E-state index contributed by atoms with van der Waals surface area (Å²) < 4.78 is 0. The number of carboxylic acid groups (broad SMARTS) is 1. The summed E-state index contributed by atoms with van der Waals surface area (Å²) in [5, 5.41) is 21.3. The molecule has 6 nitrogen and oxygen atoms in total. The molecule has 2 rings (SSSR count). The summed E-state index contributed by atoms with van der Waals surface area (Å²) in [6.07, 6.45) is 4.39. The highest BCUT2D eigenvalue weighted by molar-refractivity contribution is 5.94. The Labute approximate surface area is 72.6 Å². The van der Waals surface area contributed by atoms with Crippen LogP contribution in [0.3, 0.4) is 0 Å². The Morgan fingerprint density at radius 3 is 2.85 bits per heavy atom. The van der Waals surface area contributed by atoms with Crippen molar-refractivity contribution in [1.82, 2.24) is 20.4 Å². The summed E-state index contributed by atoms with van der Waals surface area (Å²) in [7, 11) is 0. The Hall–Kier alpha value is -2.11. The van der Waals surface area contributed by atoms with Gasteiger partial charge >= 0.3 is 5.97 Å². The van der Waals surface area contributed by atoms with Crippen molar-refractivity contribution in [1.29, 1.82) is 0 Å². The molecule has 0 aromatic carbocycles. The lowest BCUT2D eigenvalue weighted by Gasteiger charge is -1.92. The summed E-state index contributed by atoms with van der Waals surface area (Å²) in [5.74, 6) is -1.01. The van der Waals surface area contributed by atoms with Crippen LogP contribution >= 0.6 is 0 Å². The van der Waals surface area contributed by atoms with Gasteiger partial charge in [-0.3, -0.25) is 10.2 Å². The van der Waals surface area contributed by atoms with Crippen LogP contribution in [-0.2, 0) is 0 Å². The average Bonchev–Trinajstić information content (AvgIpc) is 2.74. The maximum atomic E-state index is 10.7. The first kappa shape index (κ1) is 7.53.